The summed E-state index contributed by atoms with van der Waals surface area (Å²) in [7, 11) is 0. The molecule has 0 radical (unpaired) electrons. The Morgan fingerprint density at radius 2 is 0.960 bits per heavy atom. The van der Waals surface area contributed by atoms with Crippen LogP contribution in [0, 0.1) is 11.8 Å². The van der Waals surface area contributed by atoms with Crippen molar-refractivity contribution in [2.75, 3.05) is 42.8 Å². The Morgan fingerprint density at radius 1 is 0.505 bits per heavy atom. The second kappa shape index (κ2) is 37.0. The number of rotatable bonds is 13. The average molecular weight is 1370 g/mol. The third-order valence-corrected chi connectivity index (χ3v) is 18.5. The van der Waals surface area contributed by atoms with Crippen LogP contribution in [0.2, 0.25) is 0 Å². The Bertz CT molecular complexity index is 3960. The number of hydrogen-bond acceptors (Lipinski definition) is 13. The van der Waals surface area contributed by atoms with Crippen molar-refractivity contribution in [1.82, 2.24) is 4.98 Å². The lowest BCUT2D eigenvalue weighted by molar-refractivity contribution is 0.112. The first-order chi connectivity index (χ1) is 48.0. The quantitative estimate of drug-likeness (QED) is 0.0383. The topological polar surface area (TPSA) is 231 Å². The van der Waals surface area contributed by atoms with E-state index in [0.717, 1.165) is 96.1 Å². The number of allylic oxidation sites excluding steroid dienone is 1. The van der Waals surface area contributed by atoms with Gasteiger partial charge in [-0.2, -0.15) is 0 Å². The van der Waals surface area contributed by atoms with Gasteiger partial charge in [-0.05, 0) is 245 Å². The number of carbonyl (C=O) groups excluding carboxylic acids is 1. The van der Waals surface area contributed by atoms with Crippen molar-refractivity contribution in [2.45, 2.75) is 181 Å². The first kappa shape index (κ1) is 79.2. The zero-order valence-corrected chi connectivity index (χ0v) is 61.7. The van der Waals surface area contributed by atoms with Gasteiger partial charge < -0.3 is 56.8 Å². The van der Waals surface area contributed by atoms with E-state index in [0.29, 0.717) is 41.6 Å². The van der Waals surface area contributed by atoms with E-state index in [1.807, 2.05) is 54.6 Å². The Kier molecular flexibility index (Phi) is 29.0. The molecular weight excluding hydrogens is 1260 g/mol. The fourth-order valence-electron chi connectivity index (χ4n) is 12.6. The molecule has 538 valence electrons. The predicted octanol–water partition coefficient (Wildman–Crippen LogP) is 19.5. The van der Waals surface area contributed by atoms with Gasteiger partial charge in [-0.3, -0.25) is 4.79 Å². The summed E-state index contributed by atoms with van der Waals surface area (Å²) < 4.78 is 4.89. The van der Waals surface area contributed by atoms with Crippen molar-refractivity contribution in [3.63, 3.8) is 0 Å². The van der Waals surface area contributed by atoms with Gasteiger partial charge in [0, 0.05) is 53.4 Å². The van der Waals surface area contributed by atoms with Crippen LogP contribution in [0.15, 0.2) is 194 Å². The lowest BCUT2D eigenvalue weighted by Crippen LogP contribution is -2.28. The minimum Gasteiger partial charge on any atom is -0.508 e. The maximum absolute atomic E-state index is 10.0. The van der Waals surface area contributed by atoms with E-state index in [-0.39, 0.29) is 65.1 Å². The molecule has 4 heterocycles. The van der Waals surface area contributed by atoms with Crippen molar-refractivity contribution in [1.29, 1.82) is 0 Å². The highest BCUT2D eigenvalue weighted by Crippen LogP contribution is 2.43. The van der Waals surface area contributed by atoms with Gasteiger partial charge in [0.1, 0.15) is 29.3 Å². The lowest BCUT2D eigenvalue weighted by Gasteiger charge is -2.36. The summed E-state index contributed by atoms with van der Waals surface area (Å²) in [5.74, 6) is 1.76. The van der Waals surface area contributed by atoms with Gasteiger partial charge in [0.05, 0.1) is 36.2 Å². The molecule has 13 heteroatoms. The number of fused-ring (bicyclic) bond motifs is 3. The van der Waals surface area contributed by atoms with Gasteiger partial charge >= 0.3 is 0 Å². The number of benzene rings is 8. The molecule has 0 saturated carbocycles. The number of carbonyl (C=O) groups is 1. The molecule has 0 saturated heterocycles. The van der Waals surface area contributed by atoms with Crippen molar-refractivity contribution < 1.29 is 45.3 Å². The fraction of sp³-hybridized carbons (Fsp3) is 0.386. The summed E-state index contributed by atoms with van der Waals surface area (Å²) in [6.45, 7) is 28.1. The molecule has 13 nitrogen and oxygen atoms in total. The van der Waals surface area contributed by atoms with Gasteiger partial charge in [-0.1, -0.05) is 174 Å². The second-order valence-electron chi connectivity index (χ2n) is 30.8. The van der Waals surface area contributed by atoms with Crippen LogP contribution in [-0.2, 0) is 45.7 Å². The van der Waals surface area contributed by atoms with Gasteiger partial charge in [0.15, 0.2) is 0 Å². The lowest BCUT2D eigenvalue weighted by atomic mass is 9.78. The summed E-state index contributed by atoms with van der Waals surface area (Å²) in [6.07, 6.45) is 13.8. The van der Waals surface area contributed by atoms with Crippen molar-refractivity contribution in [3.05, 3.63) is 250 Å². The Labute approximate surface area is 601 Å². The molecule has 1 aromatic heterocycles. The number of aliphatic hydroxyl groups excluding tert-OH is 3. The SMILES string of the molecule is C1=COCCC1.CC(C)(C)c1ccc(N)cc1.CC(C)(C)c1ccc2c(c1)C[C@@H](CCCO)[C@H](c1cccc(O)c1)N2.CC(C)(C)c1ccc2c(c1)C[C@H](CCCO)[C@H](c1cccc(O)c1)N2.CC(C)(C)c1ccc2nc(-c3cccc(O)c3)c(CCCO)cc2c1.O=Cc1cccc(O)c1. The minimum absolute atomic E-state index is 0.0866. The highest BCUT2D eigenvalue weighted by molar-refractivity contribution is 5.84. The molecular formula is C88H112N4O9. The summed E-state index contributed by atoms with van der Waals surface area (Å²) in [5, 5.41) is 74.6. The molecule has 0 spiro atoms. The molecule has 8 aromatic carbocycles. The number of nitrogens with two attached hydrogens (primary N) is 1. The minimum atomic E-state index is 0.0866. The Morgan fingerprint density at radius 3 is 1.37 bits per heavy atom. The second-order valence-corrected chi connectivity index (χ2v) is 30.8. The summed E-state index contributed by atoms with van der Waals surface area (Å²) in [6, 6.07) is 58.8. The van der Waals surface area contributed by atoms with Crippen molar-refractivity contribution in [2.24, 2.45) is 11.8 Å². The number of aldehydes is 1. The first-order valence-electron chi connectivity index (χ1n) is 35.8. The van der Waals surface area contributed by atoms with Crippen LogP contribution in [0.25, 0.3) is 22.2 Å². The van der Waals surface area contributed by atoms with E-state index in [2.05, 4.69) is 179 Å². The highest BCUT2D eigenvalue weighted by Gasteiger charge is 2.32. The van der Waals surface area contributed by atoms with Crippen LogP contribution in [-0.4, -0.2) is 73.4 Å². The van der Waals surface area contributed by atoms with Crippen LogP contribution >= 0.6 is 0 Å². The number of aromatic hydroxyl groups is 4. The molecule has 9 aromatic rings. The number of pyridine rings is 1. The van der Waals surface area contributed by atoms with E-state index < -0.39 is 0 Å². The van der Waals surface area contributed by atoms with E-state index in [9.17, 15) is 35.4 Å². The molecule has 4 atom stereocenters. The molecule has 12 rings (SSSR count). The van der Waals surface area contributed by atoms with E-state index >= 15 is 0 Å². The van der Waals surface area contributed by atoms with Gasteiger partial charge in [0.25, 0.3) is 0 Å². The van der Waals surface area contributed by atoms with Gasteiger partial charge in [0.2, 0.25) is 0 Å². The normalized spacial score (nSPS) is 16.1. The number of nitrogen functional groups attached to an aromatic ring is 1. The maximum Gasteiger partial charge on any atom is 0.150 e. The number of aromatic nitrogens is 1. The molecule has 3 aliphatic heterocycles. The third-order valence-electron chi connectivity index (χ3n) is 18.5. The molecule has 0 bridgehead atoms. The van der Waals surface area contributed by atoms with E-state index in [1.165, 1.54) is 69.7 Å². The zero-order valence-electron chi connectivity index (χ0n) is 61.7. The summed E-state index contributed by atoms with van der Waals surface area (Å²) >= 11 is 0. The predicted molar refractivity (Wildman–Crippen MR) is 417 cm³/mol. The van der Waals surface area contributed by atoms with Crippen LogP contribution in [0.1, 0.15) is 201 Å². The molecule has 0 amide bonds. The van der Waals surface area contributed by atoms with Crippen LogP contribution in [0.4, 0.5) is 17.1 Å². The third kappa shape index (κ3) is 24.3. The van der Waals surface area contributed by atoms with Crippen molar-refractivity contribution in [3.8, 4) is 34.3 Å². The number of hydrogen-bond donors (Lipinski definition) is 10. The molecule has 0 aliphatic carbocycles. The number of nitrogens with zero attached hydrogens (tertiary/aromatic N) is 1. The molecule has 3 aliphatic rings. The van der Waals surface area contributed by atoms with Crippen LogP contribution in [0.5, 0.6) is 23.0 Å². The number of phenolic OH excluding ortho intramolecular Hbond substituents is 4. The fourth-order valence-corrected chi connectivity index (χ4v) is 12.6. The number of aryl methyl sites for hydroxylation is 1. The van der Waals surface area contributed by atoms with Crippen LogP contribution < -0.4 is 16.4 Å². The molecule has 11 N–H and O–H groups in total. The van der Waals surface area contributed by atoms with Crippen LogP contribution in [0.3, 0.4) is 0 Å². The summed E-state index contributed by atoms with van der Waals surface area (Å²) in [4.78, 5) is 14.9. The number of ether oxygens (including phenoxy) is 1. The largest absolute Gasteiger partial charge is 0.508 e. The number of nitrogens with one attached hydrogen (secondary N) is 2. The van der Waals surface area contributed by atoms with E-state index in [1.54, 1.807) is 42.7 Å². The monoisotopic (exact) mass is 1370 g/mol. The molecule has 0 fully saturated rings. The highest BCUT2D eigenvalue weighted by atomic mass is 16.5. The number of phenols is 4. The average Bonchev–Trinajstić information content (AvgIpc) is 0.795. The standard InChI is InChI=1S/2C22H29NO2.C22H25NO2.C10H15N.C7H6O2.C5H8O/c3*1-22(2,3)18-9-10-20-17(13-18)12-15(7-5-11-24)21(23-20)16-6-4-8-19(25)14-16;1-10(2,3)8-4-6-9(11)7-5-8;8-5-6-2-1-3-7(9)4-6;1-2-4-6-5-3-1/h2*4,6,8-10,13-15,21,23-25H,5,7,11-12H2,1-3H3;4,6,8-10,12-14,24-25H,5,7,11H2,1-3H3;4-7H,11H2,1-3H3;1-5,9H;2,4H,1,3,5H2/t15-,21+;15-,21-;;;;/m01..../s1. The van der Waals surface area contributed by atoms with Gasteiger partial charge in [-0.15, -0.1) is 0 Å². The van der Waals surface area contributed by atoms with Crippen molar-refractivity contribution >= 4 is 34.3 Å². The Hall–Kier alpha value is -9.14. The van der Waals surface area contributed by atoms with Gasteiger partial charge in [-0.25, -0.2) is 4.98 Å². The Balaban J connectivity index is 0.000000180. The maximum atomic E-state index is 10.0. The molecule has 0 unspecified atom stereocenters. The molecule has 101 heavy (non-hydrogen) atoms. The van der Waals surface area contributed by atoms with E-state index in [4.69, 9.17) is 20.6 Å². The first-order valence-corrected chi connectivity index (χ1v) is 35.8. The number of aliphatic hydroxyl groups is 3. The smallest absolute Gasteiger partial charge is 0.150 e. The summed E-state index contributed by atoms with van der Waals surface area (Å²) in [5.41, 5.74) is 23.9. The zero-order chi connectivity index (χ0) is 73.5. The number of anilines is 3.